The highest BCUT2D eigenvalue weighted by molar-refractivity contribution is 6.27. The Morgan fingerprint density at radius 1 is 1.03 bits per heavy atom. The fraction of sp³-hybridized carbons (Fsp3) is 0.350. The third-order valence-corrected chi connectivity index (χ3v) is 4.41. The molecule has 162 valence electrons. The number of carboxylic acid groups (broad SMARTS) is 2. The number of piperazine rings is 1. The number of amides is 1. The van der Waals surface area contributed by atoms with E-state index >= 15 is 0 Å². The molecule has 3 N–H and O–H groups in total. The molecule has 1 aliphatic heterocycles. The number of aliphatic carboxylic acids is 2. The van der Waals surface area contributed by atoms with Crippen LogP contribution in [-0.4, -0.2) is 72.8 Å². The maximum Gasteiger partial charge on any atom is 0.414 e. The van der Waals surface area contributed by atoms with Gasteiger partial charge in [-0.3, -0.25) is 4.79 Å². The summed E-state index contributed by atoms with van der Waals surface area (Å²) in [5.41, 5.74) is 1.17. The number of methoxy groups -OCH3 is 1. The monoisotopic (exact) mass is 419 g/mol. The minimum Gasteiger partial charge on any atom is -0.497 e. The lowest BCUT2D eigenvalue weighted by Gasteiger charge is -2.36. The van der Waals surface area contributed by atoms with Crippen molar-refractivity contribution in [3.05, 3.63) is 48.4 Å². The van der Waals surface area contributed by atoms with Gasteiger partial charge in [0.2, 0.25) is 5.91 Å². The largest absolute Gasteiger partial charge is 0.497 e. The van der Waals surface area contributed by atoms with Crippen LogP contribution < -0.4 is 15.0 Å². The van der Waals surface area contributed by atoms with Crippen molar-refractivity contribution in [2.75, 3.05) is 44.7 Å². The molecule has 2 heterocycles. The second kappa shape index (κ2) is 11.5. The maximum atomic E-state index is 12.3. The second-order valence-electron chi connectivity index (χ2n) is 6.36. The predicted molar refractivity (Wildman–Crippen MR) is 107 cm³/mol. The number of rotatable bonds is 6. The van der Waals surface area contributed by atoms with Gasteiger partial charge in [-0.05, 0) is 36.4 Å². The number of hydrogen-bond acceptors (Lipinski definition) is 7. The average molecular weight is 419 g/mol. The Kier molecular flexibility index (Phi) is 8.70. The Morgan fingerprint density at radius 2 is 1.67 bits per heavy atom. The molecule has 1 aromatic carbocycles. The first-order valence-corrected chi connectivity index (χ1v) is 9.26. The molecular formula is C20H25N3O7. The highest BCUT2D eigenvalue weighted by Crippen LogP contribution is 2.20. The lowest BCUT2D eigenvalue weighted by molar-refractivity contribution is -0.159. The highest BCUT2D eigenvalue weighted by Gasteiger charge is 2.21. The molecule has 1 aromatic heterocycles. The third kappa shape index (κ3) is 7.13. The second-order valence-corrected chi connectivity index (χ2v) is 6.36. The van der Waals surface area contributed by atoms with Gasteiger partial charge < -0.3 is 34.5 Å². The summed E-state index contributed by atoms with van der Waals surface area (Å²) >= 11 is 0. The van der Waals surface area contributed by atoms with Crippen molar-refractivity contribution in [2.24, 2.45) is 0 Å². The van der Waals surface area contributed by atoms with Gasteiger partial charge in [0, 0.05) is 31.9 Å². The molecule has 10 nitrogen and oxygen atoms in total. The lowest BCUT2D eigenvalue weighted by Crippen LogP contribution is -2.50. The zero-order valence-corrected chi connectivity index (χ0v) is 16.6. The molecule has 3 rings (SSSR count). The Balaban J connectivity index is 0.000000469. The fourth-order valence-electron chi connectivity index (χ4n) is 2.82. The Bertz CT molecular complexity index is 801. The van der Waals surface area contributed by atoms with Crippen LogP contribution in [0.15, 0.2) is 47.1 Å². The molecule has 1 aliphatic rings. The molecule has 2 aromatic rings. The van der Waals surface area contributed by atoms with E-state index < -0.39 is 11.9 Å². The molecule has 1 amide bonds. The topological polar surface area (TPSA) is 133 Å². The summed E-state index contributed by atoms with van der Waals surface area (Å²) in [5.74, 6) is -1.82. The van der Waals surface area contributed by atoms with Crippen molar-refractivity contribution in [2.45, 2.75) is 6.54 Å². The standard InChI is InChI=1S/C18H23N3O3.C2H2O4/c1-23-16-6-4-15(5-7-16)20-8-10-21(11-9-20)18(22)14-19-13-17-3-2-12-24-17;3-1(4)2(5)6/h2-7,12,19H,8-11,13-14H2,1H3;(H,3,4)(H,5,6). The van der Waals surface area contributed by atoms with Crippen LogP contribution in [0.25, 0.3) is 0 Å². The van der Waals surface area contributed by atoms with E-state index in [2.05, 4.69) is 22.3 Å². The fourth-order valence-corrected chi connectivity index (χ4v) is 2.82. The van der Waals surface area contributed by atoms with Crippen molar-refractivity contribution in [3.63, 3.8) is 0 Å². The number of carboxylic acids is 2. The Labute approximate surface area is 173 Å². The SMILES string of the molecule is COc1ccc(N2CCN(C(=O)CNCc3ccco3)CC2)cc1.O=C(O)C(=O)O. The first-order chi connectivity index (χ1) is 14.4. The number of ether oxygens (including phenoxy) is 1. The maximum absolute atomic E-state index is 12.3. The molecule has 0 bridgehead atoms. The summed E-state index contributed by atoms with van der Waals surface area (Å²) in [6, 6.07) is 11.8. The van der Waals surface area contributed by atoms with E-state index in [0.29, 0.717) is 13.1 Å². The van der Waals surface area contributed by atoms with Gasteiger partial charge in [-0.15, -0.1) is 0 Å². The normalized spacial score (nSPS) is 13.2. The van der Waals surface area contributed by atoms with E-state index in [1.54, 1.807) is 13.4 Å². The quantitative estimate of drug-likeness (QED) is 0.584. The molecule has 1 saturated heterocycles. The first-order valence-electron chi connectivity index (χ1n) is 9.26. The van der Waals surface area contributed by atoms with E-state index in [1.807, 2.05) is 29.2 Å². The van der Waals surface area contributed by atoms with Gasteiger partial charge in [0.1, 0.15) is 11.5 Å². The average Bonchev–Trinajstić information content (AvgIpc) is 3.28. The van der Waals surface area contributed by atoms with E-state index in [4.69, 9.17) is 29.0 Å². The van der Waals surface area contributed by atoms with Crippen LogP contribution in [0.1, 0.15) is 5.76 Å². The van der Waals surface area contributed by atoms with Crippen LogP contribution in [0.5, 0.6) is 5.75 Å². The number of carbonyl (C=O) groups is 3. The highest BCUT2D eigenvalue weighted by atomic mass is 16.5. The van der Waals surface area contributed by atoms with Crippen LogP contribution in [0, 0.1) is 0 Å². The molecule has 0 saturated carbocycles. The number of nitrogens with one attached hydrogen (secondary N) is 1. The van der Waals surface area contributed by atoms with Crippen LogP contribution in [0.3, 0.4) is 0 Å². The zero-order valence-electron chi connectivity index (χ0n) is 16.6. The van der Waals surface area contributed by atoms with E-state index in [1.165, 1.54) is 5.69 Å². The summed E-state index contributed by atoms with van der Waals surface area (Å²) in [5, 5.41) is 17.9. The number of nitrogens with zero attached hydrogens (tertiary/aromatic N) is 2. The molecule has 1 fully saturated rings. The molecule has 0 atom stereocenters. The van der Waals surface area contributed by atoms with Gasteiger partial charge in [-0.1, -0.05) is 0 Å². The molecule has 0 aliphatic carbocycles. The van der Waals surface area contributed by atoms with Crippen LogP contribution >= 0.6 is 0 Å². The predicted octanol–water partition coefficient (Wildman–Crippen LogP) is 0.882. The summed E-state index contributed by atoms with van der Waals surface area (Å²) in [7, 11) is 1.67. The van der Waals surface area contributed by atoms with Gasteiger partial charge in [0.25, 0.3) is 0 Å². The smallest absolute Gasteiger partial charge is 0.414 e. The summed E-state index contributed by atoms with van der Waals surface area (Å²) < 4.78 is 10.4. The van der Waals surface area contributed by atoms with Gasteiger partial charge in [-0.2, -0.15) is 0 Å². The Hall–Kier alpha value is -3.53. The number of anilines is 1. The lowest BCUT2D eigenvalue weighted by atomic mass is 10.2. The molecular weight excluding hydrogens is 394 g/mol. The van der Waals surface area contributed by atoms with Crippen LogP contribution in [0.4, 0.5) is 5.69 Å². The van der Waals surface area contributed by atoms with Crippen molar-refractivity contribution in [1.82, 2.24) is 10.2 Å². The summed E-state index contributed by atoms with van der Waals surface area (Å²) in [6.45, 7) is 4.08. The summed E-state index contributed by atoms with van der Waals surface area (Å²) in [6.07, 6.45) is 1.64. The molecule has 10 heteroatoms. The molecule has 0 spiro atoms. The minimum atomic E-state index is -1.82. The van der Waals surface area contributed by atoms with Crippen molar-refractivity contribution < 1.29 is 33.8 Å². The Morgan fingerprint density at radius 3 is 2.17 bits per heavy atom. The zero-order chi connectivity index (χ0) is 21.9. The number of carbonyl (C=O) groups excluding carboxylic acids is 1. The van der Waals surface area contributed by atoms with E-state index in [0.717, 1.165) is 37.7 Å². The summed E-state index contributed by atoms with van der Waals surface area (Å²) in [4.78, 5) is 34.7. The van der Waals surface area contributed by atoms with Crippen molar-refractivity contribution in [3.8, 4) is 5.75 Å². The molecule has 30 heavy (non-hydrogen) atoms. The first kappa shape index (κ1) is 22.8. The number of hydrogen-bond donors (Lipinski definition) is 3. The van der Waals surface area contributed by atoms with Gasteiger partial charge in [-0.25, -0.2) is 9.59 Å². The van der Waals surface area contributed by atoms with Gasteiger partial charge in [0.15, 0.2) is 0 Å². The van der Waals surface area contributed by atoms with Crippen LogP contribution in [0.2, 0.25) is 0 Å². The number of benzene rings is 1. The van der Waals surface area contributed by atoms with E-state index in [-0.39, 0.29) is 5.91 Å². The van der Waals surface area contributed by atoms with Crippen molar-refractivity contribution >= 4 is 23.5 Å². The third-order valence-electron chi connectivity index (χ3n) is 4.41. The van der Waals surface area contributed by atoms with Gasteiger partial charge in [0.05, 0.1) is 26.5 Å². The van der Waals surface area contributed by atoms with Gasteiger partial charge >= 0.3 is 11.9 Å². The minimum absolute atomic E-state index is 0.135. The number of furan rings is 1. The molecule has 0 unspecified atom stereocenters. The van der Waals surface area contributed by atoms with Crippen LogP contribution in [-0.2, 0) is 20.9 Å². The molecule has 0 radical (unpaired) electrons. The van der Waals surface area contributed by atoms with E-state index in [9.17, 15) is 4.79 Å². The van der Waals surface area contributed by atoms with Crippen molar-refractivity contribution in [1.29, 1.82) is 0 Å².